The number of hydrogen-bond acceptors (Lipinski definition) is 2. The summed E-state index contributed by atoms with van der Waals surface area (Å²) in [5.41, 5.74) is 0. The summed E-state index contributed by atoms with van der Waals surface area (Å²) < 4.78 is 167. The van der Waals surface area contributed by atoms with Crippen LogP contribution in [0.5, 0.6) is 0 Å². The van der Waals surface area contributed by atoms with Crippen LogP contribution in [-0.2, 0) is 9.84 Å². The van der Waals surface area contributed by atoms with Gasteiger partial charge in [-0.3, -0.25) is 0 Å². The van der Waals surface area contributed by atoms with Crippen LogP contribution < -0.4 is 0 Å². The topological polar surface area (TPSA) is 34.1 Å². The van der Waals surface area contributed by atoms with Gasteiger partial charge in [0, 0.05) is 0 Å². The number of halogens is 11. The molecule has 1 aromatic rings. The summed E-state index contributed by atoms with van der Waals surface area (Å²) >= 11 is 0. The third-order valence-corrected chi connectivity index (χ3v) is 11.2. The van der Waals surface area contributed by atoms with Crippen molar-refractivity contribution in [2.45, 2.75) is 41.3 Å². The molecule has 156 valence electrons. The van der Waals surface area contributed by atoms with Crippen LogP contribution in [0.15, 0.2) is 4.90 Å². The molecule has 2 nitrogen and oxygen atoms in total. The molecule has 0 fully saturated rings. The second kappa shape index (κ2) is 6.32. The first-order valence-electron chi connectivity index (χ1n) is 6.57. The standard InChI is InChI=1S/C12H9F11O2SSi/c1-27(2,3)10(11(18,19)20,12(21,22)23)26(24,25)9-7(16)5(14)4(13)6(15)8(9)17/h1-3H3. The Balaban J connectivity index is 4.33. The van der Waals surface area contributed by atoms with Gasteiger partial charge in [-0.1, -0.05) is 19.6 Å². The highest BCUT2D eigenvalue weighted by atomic mass is 32.2. The van der Waals surface area contributed by atoms with Gasteiger partial charge in [0.25, 0.3) is 4.37 Å². The molecular formula is C12H9F11O2SSi. The molecule has 0 radical (unpaired) electrons. The van der Waals surface area contributed by atoms with E-state index >= 15 is 0 Å². The molecule has 0 atom stereocenters. The predicted octanol–water partition coefficient (Wildman–Crippen LogP) is 4.90. The Labute approximate surface area is 145 Å². The van der Waals surface area contributed by atoms with Crippen LogP contribution in [0.2, 0.25) is 19.6 Å². The molecule has 27 heavy (non-hydrogen) atoms. The van der Waals surface area contributed by atoms with E-state index in [0.717, 1.165) is 0 Å². The average Bonchev–Trinajstić information content (AvgIpc) is 2.37. The Kier molecular flexibility index (Phi) is 5.54. The molecule has 0 bridgehead atoms. The number of alkyl halides is 6. The maximum absolute atomic E-state index is 13.8. The number of rotatable bonds is 3. The largest absolute Gasteiger partial charge is 0.414 e. The first kappa shape index (κ1) is 23.7. The lowest BCUT2D eigenvalue weighted by Gasteiger charge is -2.44. The summed E-state index contributed by atoms with van der Waals surface area (Å²) in [5, 5.41) is 0. The van der Waals surface area contributed by atoms with Crippen LogP contribution in [0.1, 0.15) is 0 Å². The first-order chi connectivity index (χ1) is 11.7. The number of benzene rings is 1. The Hall–Kier alpha value is -1.38. The summed E-state index contributed by atoms with van der Waals surface area (Å²) in [7, 11) is -12.4. The number of sulfone groups is 1. The molecule has 0 unspecified atom stereocenters. The van der Waals surface area contributed by atoms with Crippen molar-refractivity contribution in [3.63, 3.8) is 0 Å². The van der Waals surface area contributed by atoms with Gasteiger partial charge in [-0.15, -0.1) is 0 Å². The third kappa shape index (κ3) is 3.02. The molecule has 15 heteroatoms. The molecule has 0 aliphatic heterocycles. The van der Waals surface area contributed by atoms with E-state index in [4.69, 9.17) is 0 Å². The summed E-state index contributed by atoms with van der Waals surface area (Å²) in [6.45, 7) is 0.826. The Morgan fingerprint density at radius 3 is 1.11 bits per heavy atom. The van der Waals surface area contributed by atoms with Gasteiger partial charge in [-0.2, -0.15) is 26.3 Å². The summed E-state index contributed by atoms with van der Waals surface area (Å²) in [6.07, 6.45) is -13.4. The molecule has 0 spiro atoms. The molecule has 0 heterocycles. The number of hydrogen-bond donors (Lipinski definition) is 0. The SMILES string of the molecule is C[Si](C)(C)C(C(F)(F)F)(C(F)(F)F)S(=O)(=O)c1c(F)c(F)c(F)c(F)c1F. The van der Waals surface area contributed by atoms with Crippen molar-refractivity contribution in [3.05, 3.63) is 29.1 Å². The lowest BCUT2D eigenvalue weighted by atomic mass is 10.3. The molecule has 1 aromatic carbocycles. The summed E-state index contributed by atoms with van der Waals surface area (Å²) in [5.74, 6) is -15.6. The molecule has 0 aliphatic rings. The molecule has 0 amide bonds. The van der Waals surface area contributed by atoms with Gasteiger partial charge in [0.1, 0.15) is 4.90 Å². The van der Waals surface area contributed by atoms with E-state index < -0.39 is 68.6 Å². The van der Waals surface area contributed by atoms with Gasteiger partial charge in [0.15, 0.2) is 23.3 Å². The Morgan fingerprint density at radius 2 is 0.889 bits per heavy atom. The van der Waals surface area contributed by atoms with E-state index in [1.807, 2.05) is 0 Å². The molecule has 0 aliphatic carbocycles. The van der Waals surface area contributed by atoms with Gasteiger partial charge in [0.2, 0.25) is 15.7 Å². The van der Waals surface area contributed by atoms with E-state index in [-0.39, 0.29) is 19.6 Å². The zero-order valence-electron chi connectivity index (χ0n) is 13.4. The fourth-order valence-corrected chi connectivity index (χ4v) is 9.49. The minimum absolute atomic E-state index is 0.275. The van der Waals surface area contributed by atoms with E-state index in [0.29, 0.717) is 0 Å². The second-order valence-corrected chi connectivity index (χ2v) is 14.0. The van der Waals surface area contributed by atoms with Crippen molar-refractivity contribution in [1.29, 1.82) is 0 Å². The highest BCUT2D eigenvalue weighted by Crippen LogP contribution is 2.56. The molecule has 0 N–H and O–H groups in total. The van der Waals surface area contributed by atoms with Crippen molar-refractivity contribution in [2.75, 3.05) is 0 Å². The molecule has 0 saturated heterocycles. The van der Waals surface area contributed by atoms with Crippen molar-refractivity contribution in [2.24, 2.45) is 0 Å². The van der Waals surface area contributed by atoms with Crippen LogP contribution >= 0.6 is 0 Å². The highest BCUT2D eigenvalue weighted by Gasteiger charge is 2.83. The quantitative estimate of drug-likeness (QED) is 0.214. The lowest BCUT2D eigenvalue weighted by Crippen LogP contribution is -2.74. The molecular weight excluding hydrogens is 445 g/mol. The van der Waals surface area contributed by atoms with Crippen molar-refractivity contribution in [3.8, 4) is 0 Å². The maximum Gasteiger partial charge on any atom is 0.414 e. The smallest absolute Gasteiger partial charge is 0.223 e. The van der Waals surface area contributed by atoms with Crippen LogP contribution in [0.25, 0.3) is 0 Å². The van der Waals surface area contributed by atoms with Gasteiger partial charge in [0.05, 0.1) is 8.07 Å². The Bertz CT molecular complexity index is 800. The van der Waals surface area contributed by atoms with Crippen LogP contribution in [0.3, 0.4) is 0 Å². The minimum atomic E-state index is -7.24. The van der Waals surface area contributed by atoms with Crippen LogP contribution in [-0.4, -0.2) is 33.2 Å². The van der Waals surface area contributed by atoms with E-state index in [2.05, 4.69) is 0 Å². The highest BCUT2D eigenvalue weighted by molar-refractivity contribution is 7.95. The van der Waals surface area contributed by atoms with Crippen molar-refractivity contribution in [1.82, 2.24) is 0 Å². The zero-order valence-corrected chi connectivity index (χ0v) is 15.2. The normalized spacial score (nSPS) is 14.6. The van der Waals surface area contributed by atoms with Crippen LogP contribution in [0.4, 0.5) is 48.3 Å². The van der Waals surface area contributed by atoms with Crippen molar-refractivity contribution >= 4 is 17.9 Å². The average molecular weight is 454 g/mol. The molecule has 0 saturated carbocycles. The minimum Gasteiger partial charge on any atom is -0.223 e. The van der Waals surface area contributed by atoms with Crippen LogP contribution in [0, 0.1) is 29.1 Å². The summed E-state index contributed by atoms with van der Waals surface area (Å²) in [4.78, 5) is -3.18. The first-order valence-corrected chi connectivity index (χ1v) is 11.6. The zero-order chi connectivity index (χ0) is 22.0. The summed E-state index contributed by atoms with van der Waals surface area (Å²) in [6, 6.07) is 0. The third-order valence-electron chi connectivity index (χ3n) is 3.70. The van der Waals surface area contributed by atoms with E-state index in [1.165, 1.54) is 0 Å². The fourth-order valence-electron chi connectivity index (χ4n) is 2.69. The van der Waals surface area contributed by atoms with Gasteiger partial charge in [-0.25, -0.2) is 30.4 Å². The lowest BCUT2D eigenvalue weighted by molar-refractivity contribution is -0.244. The second-order valence-electron chi connectivity index (χ2n) is 6.33. The van der Waals surface area contributed by atoms with Gasteiger partial charge < -0.3 is 0 Å². The fraction of sp³-hybridized carbons (Fsp3) is 0.500. The van der Waals surface area contributed by atoms with Crippen molar-refractivity contribution < 1.29 is 56.7 Å². The molecule has 1 rings (SSSR count). The van der Waals surface area contributed by atoms with E-state index in [9.17, 15) is 56.7 Å². The molecule has 0 aromatic heterocycles. The Morgan fingerprint density at radius 1 is 0.630 bits per heavy atom. The monoisotopic (exact) mass is 454 g/mol. The van der Waals surface area contributed by atoms with Gasteiger partial charge in [-0.05, 0) is 0 Å². The maximum atomic E-state index is 13.8. The van der Waals surface area contributed by atoms with E-state index in [1.54, 1.807) is 0 Å². The predicted molar refractivity (Wildman–Crippen MR) is 71.6 cm³/mol. The van der Waals surface area contributed by atoms with Gasteiger partial charge >= 0.3 is 12.4 Å².